The molecule has 0 aliphatic carbocycles. The number of amides is 1. The Bertz CT molecular complexity index is 794. The van der Waals surface area contributed by atoms with Crippen molar-refractivity contribution in [2.45, 2.75) is 12.7 Å². The molecule has 0 saturated carbocycles. The summed E-state index contributed by atoms with van der Waals surface area (Å²) in [5.41, 5.74) is 4.95. The Hall–Kier alpha value is -2.19. The lowest BCUT2D eigenvalue weighted by atomic mass is 10.1. The summed E-state index contributed by atoms with van der Waals surface area (Å²) >= 11 is 4.91. The summed E-state index contributed by atoms with van der Waals surface area (Å²) in [6, 6.07) is 14.0. The van der Waals surface area contributed by atoms with Crippen molar-refractivity contribution in [1.29, 1.82) is 0 Å². The molecule has 0 spiro atoms. The van der Waals surface area contributed by atoms with Crippen LogP contribution in [0.4, 0.5) is 5.69 Å². The van der Waals surface area contributed by atoms with Crippen LogP contribution in [0.5, 0.6) is 0 Å². The van der Waals surface area contributed by atoms with E-state index in [4.69, 9.17) is 0 Å². The number of halogens is 1. The number of nitrogens with zero attached hydrogens (tertiary/aromatic N) is 2. The number of nitro benzene ring substituents is 1. The van der Waals surface area contributed by atoms with Gasteiger partial charge in [-0.2, -0.15) is 5.10 Å². The molecule has 2 rings (SSSR count). The Kier molecular flexibility index (Phi) is 7.15. The van der Waals surface area contributed by atoms with Crippen LogP contribution in [0.15, 0.2) is 58.1 Å². The number of carbonyl (C=O) groups is 1. The third-order valence-corrected chi connectivity index (χ3v) is 4.73. The van der Waals surface area contributed by atoms with Crippen LogP contribution >= 0.6 is 27.7 Å². The summed E-state index contributed by atoms with van der Waals surface area (Å²) in [5, 5.41) is 14.7. The molecule has 6 nitrogen and oxygen atoms in total. The molecule has 2 aromatic carbocycles. The number of hydrogen-bond acceptors (Lipinski definition) is 5. The van der Waals surface area contributed by atoms with Gasteiger partial charge >= 0.3 is 0 Å². The monoisotopic (exact) mass is 421 g/mol. The van der Waals surface area contributed by atoms with Crippen molar-refractivity contribution >= 4 is 45.0 Å². The molecule has 25 heavy (non-hydrogen) atoms. The lowest BCUT2D eigenvalue weighted by molar-refractivity contribution is -0.384. The molecule has 0 aromatic heterocycles. The number of hydrazone groups is 1. The molecule has 1 amide bonds. The zero-order valence-corrected chi connectivity index (χ0v) is 15.8. The molecule has 2 aromatic rings. The number of nitro groups is 1. The van der Waals surface area contributed by atoms with Crippen LogP contribution in [0.25, 0.3) is 0 Å². The van der Waals surface area contributed by atoms with E-state index in [1.165, 1.54) is 23.9 Å². The fourth-order valence-corrected chi connectivity index (χ4v) is 3.17. The van der Waals surface area contributed by atoms with Gasteiger partial charge in [-0.25, -0.2) is 5.43 Å². The second-order valence-electron chi connectivity index (χ2n) is 5.16. The Morgan fingerprint density at radius 3 is 2.64 bits per heavy atom. The van der Waals surface area contributed by atoms with Crippen LogP contribution in [0.3, 0.4) is 0 Å². The third-order valence-electron chi connectivity index (χ3n) is 3.24. The highest BCUT2D eigenvalue weighted by molar-refractivity contribution is 9.10. The molecule has 0 aliphatic heterocycles. The highest BCUT2D eigenvalue weighted by Gasteiger charge is 2.06. The summed E-state index contributed by atoms with van der Waals surface area (Å²) in [7, 11) is 0. The number of carbonyl (C=O) groups excluding carboxylic acids is 1. The van der Waals surface area contributed by atoms with E-state index in [2.05, 4.69) is 26.5 Å². The van der Waals surface area contributed by atoms with Crippen molar-refractivity contribution in [2.24, 2.45) is 5.10 Å². The van der Waals surface area contributed by atoms with Gasteiger partial charge in [0, 0.05) is 22.4 Å². The van der Waals surface area contributed by atoms with Crippen molar-refractivity contribution < 1.29 is 9.72 Å². The molecule has 0 unspecified atom stereocenters. The molecule has 0 atom stereocenters. The number of benzene rings is 2. The van der Waals surface area contributed by atoms with Gasteiger partial charge in [0.1, 0.15) is 0 Å². The average molecular weight is 422 g/mol. The highest BCUT2D eigenvalue weighted by Crippen LogP contribution is 2.17. The first-order valence-corrected chi connectivity index (χ1v) is 9.30. The van der Waals surface area contributed by atoms with E-state index in [0.717, 1.165) is 15.8 Å². The normalized spacial score (nSPS) is 11.2. The molecule has 0 bridgehead atoms. The van der Waals surface area contributed by atoms with Crippen LogP contribution in [-0.4, -0.2) is 22.3 Å². The molecule has 1 N–H and O–H groups in total. The number of thioether (sulfide) groups is 1. The second-order valence-corrected chi connectivity index (χ2v) is 7.06. The van der Waals surface area contributed by atoms with Crippen LogP contribution in [0.1, 0.15) is 18.1 Å². The van der Waals surface area contributed by atoms with Gasteiger partial charge in [-0.15, -0.1) is 11.8 Å². The zero-order valence-electron chi connectivity index (χ0n) is 13.4. The molecule has 0 aliphatic rings. The van der Waals surface area contributed by atoms with Gasteiger partial charge in [0.25, 0.3) is 5.69 Å². The number of rotatable bonds is 7. The van der Waals surface area contributed by atoms with E-state index in [9.17, 15) is 14.9 Å². The Labute approximate surface area is 158 Å². The third kappa shape index (κ3) is 6.32. The minimum absolute atomic E-state index is 0.0181. The summed E-state index contributed by atoms with van der Waals surface area (Å²) in [6.07, 6.45) is 0. The lowest BCUT2D eigenvalue weighted by Crippen LogP contribution is -2.21. The van der Waals surface area contributed by atoms with E-state index in [0.29, 0.717) is 17.0 Å². The molecule has 8 heteroatoms. The fraction of sp³-hybridized carbons (Fsp3) is 0.176. The topological polar surface area (TPSA) is 84.6 Å². The van der Waals surface area contributed by atoms with Gasteiger partial charge in [-0.05, 0) is 42.3 Å². The summed E-state index contributed by atoms with van der Waals surface area (Å²) in [5.74, 6) is 0.836. The Morgan fingerprint density at radius 2 is 2.00 bits per heavy atom. The smallest absolute Gasteiger partial charge is 0.269 e. The first-order chi connectivity index (χ1) is 12.0. The van der Waals surface area contributed by atoms with Gasteiger partial charge in [0.2, 0.25) is 5.91 Å². The Balaban J connectivity index is 1.81. The minimum atomic E-state index is -0.458. The van der Waals surface area contributed by atoms with Gasteiger partial charge in [-0.1, -0.05) is 28.1 Å². The van der Waals surface area contributed by atoms with E-state index in [1.807, 2.05) is 24.3 Å². The molecule has 130 valence electrons. The molecular formula is C17H16BrN3O3S. The van der Waals surface area contributed by atoms with Crippen molar-refractivity contribution in [3.63, 3.8) is 0 Å². The van der Waals surface area contributed by atoms with Crippen molar-refractivity contribution in [3.05, 3.63) is 74.2 Å². The maximum Gasteiger partial charge on any atom is 0.269 e. The second kappa shape index (κ2) is 9.33. The summed E-state index contributed by atoms with van der Waals surface area (Å²) in [4.78, 5) is 22.0. The molecule has 0 radical (unpaired) electrons. The van der Waals surface area contributed by atoms with Gasteiger partial charge in [0.05, 0.1) is 16.4 Å². The maximum absolute atomic E-state index is 11.8. The van der Waals surface area contributed by atoms with Crippen LogP contribution < -0.4 is 5.43 Å². The predicted molar refractivity (Wildman–Crippen MR) is 104 cm³/mol. The van der Waals surface area contributed by atoms with Gasteiger partial charge in [-0.3, -0.25) is 14.9 Å². The zero-order chi connectivity index (χ0) is 18.2. The SMILES string of the molecule is CC(=NNC(=O)CSCc1cccc(Br)c1)c1ccc([N+](=O)[O-])cc1. The Morgan fingerprint density at radius 1 is 1.28 bits per heavy atom. The number of nitrogens with one attached hydrogen (secondary N) is 1. The first-order valence-electron chi connectivity index (χ1n) is 7.36. The van der Waals surface area contributed by atoms with Crippen LogP contribution in [-0.2, 0) is 10.5 Å². The van der Waals surface area contributed by atoms with E-state index < -0.39 is 4.92 Å². The lowest BCUT2D eigenvalue weighted by Gasteiger charge is -2.04. The first kappa shape index (κ1) is 19.1. The summed E-state index contributed by atoms with van der Waals surface area (Å²) < 4.78 is 1.01. The van der Waals surface area contributed by atoms with Crippen molar-refractivity contribution in [1.82, 2.24) is 5.43 Å². The molecular weight excluding hydrogens is 406 g/mol. The van der Waals surface area contributed by atoms with E-state index in [1.54, 1.807) is 19.1 Å². The largest absolute Gasteiger partial charge is 0.272 e. The number of non-ortho nitro benzene ring substituents is 1. The number of hydrogen-bond donors (Lipinski definition) is 1. The standard InChI is InChI=1S/C17H16BrN3O3S/c1-12(14-5-7-16(8-6-14)21(23)24)19-20-17(22)11-25-10-13-3-2-4-15(18)9-13/h2-9H,10-11H2,1H3,(H,20,22). The van der Waals surface area contributed by atoms with Crippen molar-refractivity contribution in [3.8, 4) is 0 Å². The van der Waals surface area contributed by atoms with Gasteiger partial charge < -0.3 is 0 Å². The predicted octanol–water partition coefficient (Wildman–Crippen LogP) is 4.13. The fourth-order valence-electron chi connectivity index (χ4n) is 1.96. The van der Waals surface area contributed by atoms with Gasteiger partial charge in [0.15, 0.2) is 0 Å². The average Bonchev–Trinajstić information content (AvgIpc) is 2.60. The molecule has 0 saturated heterocycles. The van der Waals surface area contributed by atoms with E-state index in [-0.39, 0.29) is 11.6 Å². The highest BCUT2D eigenvalue weighted by atomic mass is 79.9. The maximum atomic E-state index is 11.8. The van der Waals surface area contributed by atoms with Crippen LogP contribution in [0.2, 0.25) is 0 Å². The molecule has 0 heterocycles. The molecule has 0 fully saturated rings. The van der Waals surface area contributed by atoms with Crippen molar-refractivity contribution in [2.75, 3.05) is 5.75 Å². The van der Waals surface area contributed by atoms with Crippen LogP contribution in [0, 0.1) is 10.1 Å². The quantitative estimate of drug-likeness (QED) is 0.413. The minimum Gasteiger partial charge on any atom is -0.272 e. The summed E-state index contributed by atoms with van der Waals surface area (Å²) in [6.45, 7) is 1.73. The van der Waals surface area contributed by atoms with E-state index >= 15 is 0 Å².